The summed E-state index contributed by atoms with van der Waals surface area (Å²) in [5.41, 5.74) is 1.82. The van der Waals surface area contributed by atoms with E-state index in [-0.39, 0.29) is 49.2 Å². The number of carbonyl (C=O) groups is 1. The van der Waals surface area contributed by atoms with Crippen molar-refractivity contribution in [1.29, 1.82) is 0 Å². The molecule has 0 radical (unpaired) electrons. The molecule has 0 amide bonds. The third-order valence-electron chi connectivity index (χ3n) is 4.57. The number of hydrogen-bond donors (Lipinski definition) is 0. The number of ether oxygens (including phenoxy) is 1. The zero-order valence-electron chi connectivity index (χ0n) is 18.9. The summed E-state index contributed by atoms with van der Waals surface area (Å²) in [7, 11) is -7.93. The van der Waals surface area contributed by atoms with E-state index in [0.29, 0.717) is 0 Å². The first-order chi connectivity index (χ1) is 15.5. The third kappa shape index (κ3) is 8.86. The highest BCUT2D eigenvalue weighted by Crippen LogP contribution is 2.14. The van der Waals surface area contributed by atoms with E-state index in [1.54, 1.807) is 31.2 Å². The van der Waals surface area contributed by atoms with Crippen LogP contribution in [0.25, 0.3) is 0 Å². The predicted molar refractivity (Wildman–Crippen MR) is 122 cm³/mol. The van der Waals surface area contributed by atoms with Crippen molar-refractivity contribution < 1.29 is 34.7 Å². The molecule has 0 heterocycles. The van der Waals surface area contributed by atoms with Crippen LogP contribution < -0.4 is 0 Å². The van der Waals surface area contributed by atoms with Gasteiger partial charge < -0.3 is 4.74 Å². The molecule has 9 nitrogen and oxygen atoms in total. The summed E-state index contributed by atoms with van der Waals surface area (Å²) in [5.74, 6) is -0.528. The van der Waals surface area contributed by atoms with Crippen LogP contribution >= 0.6 is 0 Å². The smallest absolute Gasteiger partial charge is 0.320 e. The van der Waals surface area contributed by atoms with Gasteiger partial charge in [-0.25, -0.2) is 0 Å². The molecule has 0 unspecified atom stereocenters. The predicted octanol–water partition coefficient (Wildman–Crippen LogP) is 2.28. The second-order valence-electron chi connectivity index (χ2n) is 7.26. The monoisotopic (exact) mass is 499 g/mol. The first kappa shape index (κ1) is 26.9. The van der Waals surface area contributed by atoms with Crippen LogP contribution in [0.15, 0.2) is 58.3 Å². The minimum Gasteiger partial charge on any atom is -0.465 e. The molecule has 0 N–H and O–H groups in total. The van der Waals surface area contributed by atoms with E-state index in [4.69, 9.17) is 13.1 Å². The molecule has 0 atom stereocenters. The maximum absolute atomic E-state index is 12.3. The van der Waals surface area contributed by atoms with E-state index in [2.05, 4.69) is 0 Å². The Balaban J connectivity index is 1.95. The Morgan fingerprint density at radius 2 is 1.15 bits per heavy atom. The highest BCUT2D eigenvalue weighted by atomic mass is 32.2. The quantitative estimate of drug-likeness (QED) is 0.302. The van der Waals surface area contributed by atoms with Gasteiger partial charge in [0.2, 0.25) is 0 Å². The molecule has 33 heavy (non-hydrogen) atoms. The molecular weight excluding hydrogens is 470 g/mol. The summed E-state index contributed by atoms with van der Waals surface area (Å²) in [4.78, 5) is 13.5. The number of benzene rings is 2. The van der Waals surface area contributed by atoms with Crippen LogP contribution in [0.3, 0.4) is 0 Å². The fraction of sp³-hybridized carbons (Fsp3) is 0.409. The molecule has 0 bridgehead atoms. The second-order valence-corrected chi connectivity index (χ2v) is 10.5. The van der Waals surface area contributed by atoms with E-state index in [9.17, 15) is 21.6 Å². The van der Waals surface area contributed by atoms with E-state index >= 15 is 0 Å². The Morgan fingerprint density at radius 3 is 1.52 bits per heavy atom. The summed E-state index contributed by atoms with van der Waals surface area (Å²) < 4.78 is 64.4. The van der Waals surface area contributed by atoms with Crippen LogP contribution in [0.1, 0.15) is 18.1 Å². The number of hydrogen-bond acceptors (Lipinski definition) is 9. The average molecular weight is 500 g/mol. The van der Waals surface area contributed by atoms with Crippen molar-refractivity contribution in [3.63, 3.8) is 0 Å². The maximum atomic E-state index is 12.3. The molecule has 0 aliphatic carbocycles. The van der Waals surface area contributed by atoms with Crippen molar-refractivity contribution in [3.8, 4) is 0 Å². The van der Waals surface area contributed by atoms with E-state index in [1.165, 1.54) is 29.2 Å². The van der Waals surface area contributed by atoms with Gasteiger partial charge in [-0.05, 0) is 45.0 Å². The molecular formula is C22H29NO8S2. The van der Waals surface area contributed by atoms with Crippen molar-refractivity contribution in [2.75, 3.05) is 39.5 Å². The Morgan fingerprint density at radius 1 is 0.758 bits per heavy atom. The fourth-order valence-electron chi connectivity index (χ4n) is 2.76. The molecule has 0 aliphatic rings. The van der Waals surface area contributed by atoms with Crippen molar-refractivity contribution >= 4 is 26.2 Å². The van der Waals surface area contributed by atoms with Crippen molar-refractivity contribution in [3.05, 3.63) is 59.7 Å². The van der Waals surface area contributed by atoms with Crippen LogP contribution in [0.2, 0.25) is 0 Å². The standard InChI is InChI=1S/C22H29NO8S2/c1-4-29-22(24)17-23(13-15-30-32(25,26)20-9-5-18(2)6-10-20)14-16-31-33(27,28)21-11-7-19(3)8-12-21/h5-12H,4,13-17H2,1-3H3. The van der Waals surface area contributed by atoms with Gasteiger partial charge in [0.1, 0.15) is 0 Å². The molecule has 0 saturated carbocycles. The van der Waals surface area contributed by atoms with E-state index < -0.39 is 26.2 Å². The fourth-order valence-corrected chi connectivity index (χ4v) is 4.56. The highest BCUT2D eigenvalue weighted by molar-refractivity contribution is 7.87. The molecule has 0 saturated heterocycles. The van der Waals surface area contributed by atoms with Gasteiger partial charge in [-0.15, -0.1) is 0 Å². The van der Waals surface area contributed by atoms with Crippen LogP contribution in [-0.4, -0.2) is 67.2 Å². The van der Waals surface area contributed by atoms with Crippen LogP contribution in [0.4, 0.5) is 0 Å². The van der Waals surface area contributed by atoms with Gasteiger partial charge >= 0.3 is 5.97 Å². The first-order valence-electron chi connectivity index (χ1n) is 10.3. The summed E-state index contributed by atoms with van der Waals surface area (Å²) in [5, 5.41) is 0. The lowest BCUT2D eigenvalue weighted by molar-refractivity contribution is -0.144. The number of nitrogens with zero attached hydrogens (tertiary/aromatic N) is 1. The number of rotatable bonds is 13. The summed E-state index contributed by atoms with van der Waals surface area (Å²) in [6.07, 6.45) is 0. The van der Waals surface area contributed by atoms with Gasteiger partial charge in [-0.3, -0.25) is 18.1 Å². The van der Waals surface area contributed by atoms with Gasteiger partial charge in [-0.1, -0.05) is 35.4 Å². The molecule has 0 fully saturated rings. The first-order valence-corrected chi connectivity index (χ1v) is 13.2. The molecule has 2 aromatic rings. The Hall–Kier alpha value is -2.31. The van der Waals surface area contributed by atoms with E-state index in [1.807, 2.05) is 13.8 Å². The number of aryl methyl sites for hydroxylation is 2. The van der Waals surface area contributed by atoms with Crippen LogP contribution in [0, 0.1) is 13.8 Å². The van der Waals surface area contributed by atoms with Gasteiger partial charge in [0.05, 0.1) is 36.2 Å². The minimum absolute atomic E-state index is 0.0255. The van der Waals surface area contributed by atoms with Crippen molar-refractivity contribution in [1.82, 2.24) is 4.90 Å². The molecule has 2 rings (SSSR count). The number of esters is 1. The van der Waals surface area contributed by atoms with Crippen molar-refractivity contribution in [2.45, 2.75) is 30.6 Å². The van der Waals surface area contributed by atoms with Crippen LogP contribution in [-0.2, 0) is 38.1 Å². The van der Waals surface area contributed by atoms with Gasteiger partial charge in [-0.2, -0.15) is 16.8 Å². The lowest BCUT2D eigenvalue weighted by Gasteiger charge is -2.21. The average Bonchev–Trinajstić information content (AvgIpc) is 2.74. The third-order valence-corrected chi connectivity index (χ3v) is 7.22. The lowest BCUT2D eigenvalue weighted by atomic mass is 10.2. The summed E-state index contributed by atoms with van der Waals surface area (Å²) in [6, 6.07) is 12.4. The normalized spacial score (nSPS) is 12.1. The zero-order chi connectivity index (χ0) is 24.5. The highest BCUT2D eigenvalue weighted by Gasteiger charge is 2.19. The van der Waals surface area contributed by atoms with Gasteiger partial charge in [0.15, 0.2) is 0 Å². The molecule has 182 valence electrons. The molecule has 0 aromatic heterocycles. The molecule has 11 heteroatoms. The Bertz CT molecular complexity index is 1030. The van der Waals surface area contributed by atoms with E-state index in [0.717, 1.165) is 11.1 Å². The largest absolute Gasteiger partial charge is 0.465 e. The van der Waals surface area contributed by atoms with Crippen LogP contribution in [0.5, 0.6) is 0 Å². The molecule has 2 aromatic carbocycles. The lowest BCUT2D eigenvalue weighted by Crippen LogP contribution is -2.37. The molecule has 0 spiro atoms. The maximum Gasteiger partial charge on any atom is 0.320 e. The summed E-state index contributed by atoms with van der Waals surface area (Å²) in [6.45, 7) is 4.96. The summed E-state index contributed by atoms with van der Waals surface area (Å²) >= 11 is 0. The SMILES string of the molecule is CCOC(=O)CN(CCOS(=O)(=O)c1ccc(C)cc1)CCOS(=O)(=O)c1ccc(C)cc1. The Labute approximate surface area is 195 Å². The topological polar surface area (TPSA) is 116 Å². The second kappa shape index (κ2) is 12.2. The van der Waals surface area contributed by atoms with Gasteiger partial charge in [0, 0.05) is 13.1 Å². The minimum atomic E-state index is -3.96. The van der Waals surface area contributed by atoms with Gasteiger partial charge in [0.25, 0.3) is 20.2 Å². The Kier molecular flexibility index (Phi) is 9.99. The molecule has 0 aliphatic heterocycles. The van der Waals surface area contributed by atoms with Crippen molar-refractivity contribution in [2.24, 2.45) is 0 Å². The number of carbonyl (C=O) groups excluding carboxylic acids is 1. The zero-order valence-corrected chi connectivity index (χ0v) is 20.5.